The topological polar surface area (TPSA) is 78.6 Å². The van der Waals surface area contributed by atoms with Crippen LogP contribution in [0.3, 0.4) is 0 Å². The van der Waals surface area contributed by atoms with Gasteiger partial charge in [0.1, 0.15) is 19.0 Å². The van der Waals surface area contributed by atoms with E-state index in [-0.39, 0.29) is 13.2 Å². The van der Waals surface area contributed by atoms with Crippen LogP contribution in [0.5, 0.6) is 5.75 Å². The zero-order valence-corrected chi connectivity index (χ0v) is 16.6. The lowest BCUT2D eigenvalue weighted by molar-refractivity contribution is -0.158. The highest BCUT2D eigenvalue weighted by atomic mass is 16.5. The molecule has 5 heteroatoms. The number of hydrogen-bond acceptors (Lipinski definition) is 5. The fraction of sp³-hybridized carbons (Fsp3) is 0.250. The van der Waals surface area contributed by atoms with Crippen LogP contribution in [0.4, 0.5) is 0 Å². The lowest BCUT2D eigenvalue weighted by Crippen LogP contribution is -2.61. The van der Waals surface area contributed by atoms with E-state index in [4.69, 9.17) is 15.2 Å². The molecule has 2 N–H and O–H groups in total. The minimum absolute atomic E-state index is 0.0583. The molecule has 3 aromatic rings. The summed E-state index contributed by atoms with van der Waals surface area (Å²) in [5.41, 5.74) is 5.31. The molecular weight excluding hydrogens is 366 g/mol. The third-order valence-corrected chi connectivity index (χ3v) is 5.03. The van der Waals surface area contributed by atoms with Gasteiger partial charge >= 0.3 is 5.97 Å². The lowest BCUT2D eigenvalue weighted by atomic mass is 9.83. The highest BCUT2D eigenvalue weighted by Crippen LogP contribution is 2.26. The average molecular weight is 391 g/mol. The molecule has 0 heterocycles. The van der Waals surface area contributed by atoms with E-state index in [0.29, 0.717) is 5.75 Å². The molecule has 0 aliphatic heterocycles. The van der Waals surface area contributed by atoms with E-state index in [9.17, 15) is 9.59 Å². The van der Waals surface area contributed by atoms with Gasteiger partial charge in [-0.25, -0.2) is 4.79 Å². The number of fused-ring (bicyclic) bond motifs is 1. The Kier molecular flexibility index (Phi) is 6.29. The van der Waals surface area contributed by atoms with E-state index in [0.717, 1.165) is 16.3 Å². The lowest BCUT2D eigenvalue weighted by Gasteiger charge is -2.29. The second-order valence-electron chi connectivity index (χ2n) is 7.27. The van der Waals surface area contributed by atoms with Crippen molar-refractivity contribution in [1.29, 1.82) is 0 Å². The van der Waals surface area contributed by atoms with Crippen LogP contribution in [0.2, 0.25) is 0 Å². The molecule has 0 saturated carbocycles. The Morgan fingerprint density at radius 2 is 1.59 bits per heavy atom. The third-order valence-electron chi connectivity index (χ3n) is 5.03. The van der Waals surface area contributed by atoms with Gasteiger partial charge in [0.05, 0.1) is 0 Å². The van der Waals surface area contributed by atoms with Crippen LogP contribution in [-0.4, -0.2) is 23.9 Å². The van der Waals surface area contributed by atoms with Gasteiger partial charge in [-0.1, -0.05) is 80.6 Å². The predicted octanol–water partition coefficient (Wildman–Crippen LogP) is 3.88. The quantitative estimate of drug-likeness (QED) is 0.466. The molecule has 5 nitrogen and oxygen atoms in total. The van der Waals surface area contributed by atoms with E-state index >= 15 is 0 Å². The monoisotopic (exact) mass is 391 g/mol. The van der Waals surface area contributed by atoms with Gasteiger partial charge < -0.3 is 15.2 Å². The Bertz CT molecular complexity index is 995. The van der Waals surface area contributed by atoms with Gasteiger partial charge in [0.2, 0.25) is 5.78 Å². The van der Waals surface area contributed by atoms with Crippen LogP contribution >= 0.6 is 0 Å². The molecule has 0 aliphatic rings. The largest absolute Gasteiger partial charge is 0.485 e. The van der Waals surface area contributed by atoms with Crippen molar-refractivity contribution >= 4 is 22.5 Å². The molecular formula is C24H25NO4. The predicted molar refractivity (Wildman–Crippen MR) is 112 cm³/mol. The number of benzene rings is 3. The van der Waals surface area contributed by atoms with Crippen molar-refractivity contribution < 1.29 is 19.1 Å². The maximum Gasteiger partial charge on any atom is 0.334 e. The summed E-state index contributed by atoms with van der Waals surface area (Å²) in [6.07, 6.45) is 0. The maximum absolute atomic E-state index is 12.9. The highest BCUT2D eigenvalue weighted by molar-refractivity contribution is 6.09. The number of ether oxygens (including phenoxy) is 2. The summed E-state index contributed by atoms with van der Waals surface area (Å²) in [7, 11) is 0. The smallest absolute Gasteiger partial charge is 0.334 e. The fourth-order valence-electron chi connectivity index (χ4n) is 3.10. The fourth-order valence-corrected chi connectivity index (χ4v) is 3.10. The van der Waals surface area contributed by atoms with Crippen molar-refractivity contribution in [1.82, 2.24) is 0 Å². The molecule has 3 aromatic carbocycles. The van der Waals surface area contributed by atoms with Crippen LogP contribution in [0.15, 0.2) is 72.8 Å². The maximum atomic E-state index is 12.9. The highest BCUT2D eigenvalue weighted by Gasteiger charge is 2.46. The minimum Gasteiger partial charge on any atom is -0.485 e. The summed E-state index contributed by atoms with van der Waals surface area (Å²) in [5, 5.41) is 1.89. The molecule has 29 heavy (non-hydrogen) atoms. The molecule has 0 amide bonds. The Balaban J connectivity index is 1.71. The number of esters is 1. The van der Waals surface area contributed by atoms with Crippen molar-refractivity contribution in [3.05, 3.63) is 78.4 Å². The number of carbonyl (C=O) groups is 2. The first-order valence-electron chi connectivity index (χ1n) is 9.57. The van der Waals surface area contributed by atoms with E-state index in [1.807, 2.05) is 66.7 Å². The second-order valence-corrected chi connectivity index (χ2v) is 7.27. The first-order chi connectivity index (χ1) is 13.9. The first-order valence-corrected chi connectivity index (χ1v) is 9.57. The molecule has 0 saturated heterocycles. The Morgan fingerprint density at radius 1 is 0.931 bits per heavy atom. The van der Waals surface area contributed by atoms with Crippen molar-refractivity contribution in [2.24, 2.45) is 11.7 Å². The molecule has 1 atom stereocenters. The third kappa shape index (κ3) is 4.46. The van der Waals surface area contributed by atoms with Gasteiger partial charge in [0.15, 0.2) is 5.54 Å². The SMILES string of the molecule is CC(C)[C@@](N)(C(=O)COc1cccc2ccccc12)C(=O)OCc1ccccc1. The number of rotatable bonds is 8. The summed E-state index contributed by atoms with van der Waals surface area (Å²) in [4.78, 5) is 25.6. The molecule has 0 unspecified atom stereocenters. The van der Waals surface area contributed by atoms with Gasteiger partial charge in [-0.15, -0.1) is 0 Å². The number of Topliss-reactive ketones (excluding diaryl/α,β-unsaturated/α-hetero) is 1. The molecule has 0 bridgehead atoms. The van der Waals surface area contributed by atoms with Gasteiger partial charge in [-0.05, 0) is 22.9 Å². The van der Waals surface area contributed by atoms with E-state index in [2.05, 4.69) is 0 Å². The number of carbonyl (C=O) groups excluding carboxylic acids is 2. The summed E-state index contributed by atoms with van der Waals surface area (Å²) in [5.74, 6) is -1.14. The van der Waals surface area contributed by atoms with Crippen LogP contribution < -0.4 is 10.5 Å². The zero-order chi connectivity index (χ0) is 20.9. The van der Waals surface area contributed by atoms with Gasteiger partial charge in [0.25, 0.3) is 0 Å². The van der Waals surface area contributed by atoms with Crippen molar-refractivity contribution in [2.75, 3.05) is 6.61 Å². The minimum atomic E-state index is -1.78. The van der Waals surface area contributed by atoms with Crippen LogP contribution in [-0.2, 0) is 20.9 Å². The summed E-state index contributed by atoms with van der Waals surface area (Å²) < 4.78 is 11.1. The Morgan fingerprint density at radius 3 is 2.31 bits per heavy atom. The molecule has 0 radical (unpaired) electrons. The summed E-state index contributed by atoms with van der Waals surface area (Å²) in [6.45, 7) is 3.19. The summed E-state index contributed by atoms with van der Waals surface area (Å²) >= 11 is 0. The standard InChI is InChI=1S/C24H25NO4/c1-17(2)24(25,23(27)29-15-18-9-4-3-5-10-18)22(26)16-28-21-14-8-12-19-11-6-7-13-20(19)21/h3-14,17H,15-16,25H2,1-2H3/t24-/m1/s1. The molecule has 150 valence electrons. The molecule has 3 rings (SSSR count). The van der Waals surface area contributed by atoms with Gasteiger partial charge in [-0.2, -0.15) is 0 Å². The molecule has 0 aromatic heterocycles. The zero-order valence-electron chi connectivity index (χ0n) is 16.6. The van der Waals surface area contributed by atoms with Crippen LogP contribution in [0, 0.1) is 5.92 Å². The first kappa shape index (κ1) is 20.6. The second kappa shape index (κ2) is 8.88. The molecule has 0 spiro atoms. The number of ketones is 1. The van der Waals surface area contributed by atoms with Gasteiger partial charge in [0, 0.05) is 5.39 Å². The van der Waals surface area contributed by atoms with Crippen LogP contribution in [0.25, 0.3) is 10.8 Å². The normalized spacial score (nSPS) is 13.1. The van der Waals surface area contributed by atoms with Crippen LogP contribution in [0.1, 0.15) is 19.4 Å². The van der Waals surface area contributed by atoms with E-state index in [1.165, 1.54) is 0 Å². The van der Waals surface area contributed by atoms with Gasteiger partial charge in [-0.3, -0.25) is 4.79 Å². The molecule has 0 fully saturated rings. The van der Waals surface area contributed by atoms with Crippen molar-refractivity contribution in [3.8, 4) is 5.75 Å². The summed E-state index contributed by atoms with van der Waals surface area (Å²) in [6, 6.07) is 22.6. The number of nitrogens with two attached hydrogens (primary N) is 1. The van der Waals surface area contributed by atoms with E-state index < -0.39 is 23.2 Å². The van der Waals surface area contributed by atoms with E-state index in [1.54, 1.807) is 19.9 Å². The van der Waals surface area contributed by atoms with Crippen molar-refractivity contribution in [3.63, 3.8) is 0 Å². The van der Waals surface area contributed by atoms with Crippen molar-refractivity contribution in [2.45, 2.75) is 26.0 Å². The average Bonchev–Trinajstić information content (AvgIpc) is 2.75. The Labute approximate surface area is 170 Å². The Hall–Kier alpha value is -3.18. The number of hydrogen-bond donors (Lipinski definition) is 1. The molecule has 0 aliphatic carbocycles.